The molecule has 8 heteroatoms. The highest BCUT2D eigenvalue weighted by atomic mass is 35.5. The van der Waals surface area contributed by atoms with Gasteiger partial charge in [-0.2, -0.15) is 0 Å². The molecule has 1 aromatic carbocycles. The molecule has 7 nitrogen and oxygen atoms in total. The number of anilines is 1. The summed E-state index contributed by atoms with van der Waals surface area (Å²) in [6, 6.07) is 10.9. The number of carbonyl (C=O) groups excluding carboxylic acids is 1. The minimum absolute atomic E-state index is 0.0143. The van der Waals surface area contributed by atoms with Gasteiger partial charge >= 0.3 is 0 Å². The zero-order chi connectivity index (χ0) is 22.0. The summed E-state index contributed by atoms with van der Waals surface area (Å²) < 4.78 is 5.60. The van der Waals surface area contributed by atoms with E-state index < -0.39 is 5.60 Å². The van der Waals surface area contributed by atoms with E-state index in [0.29, 0.717) is 28.7 Å². The minimum atomic E-state index is -0.543. The van der Waals surface area contributed by atoms with E-state index in [9.17, 15) is 4.79 Å². The molecule has 1 saturated heterocycles. The van der Waals surface area contributed by atoms with Gasteiger partial charge in [-0.15, -0.1) is 0 Å². The molecule has 1 amide bonds. The van der Waals surface area contributed by atoms with Crippen LogP contribution in [0.2, 0.25) is 5.02 Å². The number of oxime groups is 1. The zero-order valence-electron chi connectivity index (χ0n) is 18.0. The maximum Gasteiger partial charge on any atom is 0.259 e. The van der Waals surface area contributed by atoms with Crippen molar-refractivity contribution in [1.29, 1.82) is 0 Å². The molecule has 3 heterocycles. The molecule has 164 valence electrons. The van der Waals surface area contributed by atoms with E-state index in [1.807, 2.05) is 26.0 Å². The smallest absolute Gasteiger partial charge is 0.259 e. The van der Waals surface area contributed by atoms with E-state index >= 15 is 0 Å². The Morgan fingerprint density at radius 3 is 2.71 bits per heavy atom. The fourth-order valence-electron chi connectivity index (χ4n) is 4.16. The molecule has 4 rings (SSSR count). The van der Waals surface area contributed by atoms with Crippen molar-refractivity contribution in [2.45, 2.75) is 44.4 Å². The summed E-state index contributed by atoms with van der Waals surface area (Å²) in [5.74, 6) is 0.357. The Kier molecular flexibility index (Phi) is 6.27. The second-order valence-electron chi connectivity index (χ2n) is 8.35. The molecule has 0 aliphatic carbocycles. The number of amides is 1. The van der Waals surface area contributed by atoms with Gasteiger partial charge in [0.25, 0.3) is 5.91 Å². The Labute approximate surface area is 187 Å². The number of ether oxygens (including phenoxy) is 1. The number of pyridine rings is 1. The van der Waals surface area contributed by atoms with Crippen molar-refractivity contribution in [3.8, 4) is 0 Å². The third-order valence-electron chi connectivity index (χ3n) is 5.74. The van der Waals surface area contributed by atoms with Crippen molar-refractivity contribution >= 4 is 29.0 Å². The van der Waals surface area contributed by atoms with Crippen molar-refractivity contribution in [3.05, 3.63) is 58.7 Å². The molecule has 0 spiro atoms. The van der Waals surface area contributed by atoms with E-state index in [4.69, 9.17) is 21.2 Å². The summed E-state index contributed by atoms with van der Waals surface area (Å²) >= 11 is 6.42. The van der Waals surface area contributed by atoms with Crippen molar-refractivity contribution in [3.63, 3.8) is 0 Å². The van der Waals surface area contributed by atoms with Gasteiger partial charge in [0.05, 0.1) is 11.1 Å². The Balaban J connectivity index is 1.63. The van der Waals surface area contributed by atoms with Crippen LogP contribution in [0.1, 0.15) is 42.6 Å². The normalized spacial score (nSPS) is 22.5. The fraction of sp³-hybridized carbons (Fsp3) is 0.435. The van der Waals surface area contributed by atoms with Crippen LogP contribution in [-0.2, 0) is 9.57 Å². The first-order chi connectivity index (χ1) is 14.9. The van der Waals surface area contributed by atoms with Gasteiger partial charge < -0.3 is 14.9 Å². The average molecular weight is 443 g/mol. The molecule has 2 atom stereocenters. The Morgan fingerprint density at radius 1 is 1.29 bits per heavy atom. The first-order valence-electron chi connectivity index (χ1n) is 10.5. The highest BCUT2D eigenvalue weighted by Gasteiger charge is 2.42. The van der Waals surface area contributed by atoms with Crippen LogP contribution >= 0.6 is 11.6 Å². The van der Waals surface area contributed by atoms with Gasteiger partial charge in [0.1, 0.15) is 11.8 Å². The largest absolute Gasteiger partial charge is 0.386 e. The lowest BCUT2D eigenvalue weighted by atomic mass is 9.93. The number of benzene rings is 1. The van der Waals surface area contributed by atoms with Crippen molar-refractivity contribution in [1.82, 2.24) is 10.3 Å². The molecule has 1 N–H and O–H groups in total. The van der Waals surface area contributed by atoms with Crippen molar-refractivity contribution < 1.29 is 14.4 Å². The topological polar surface area (TPSA) is 76.0 Å². The number of hydrogen-bond acceptors (Lipinski definition) is 6. The van der Waals surface area contributed by atoms with Crippen molar-refractivity contribution in [2.75, 3.05) is 25.1 Å². The first-order valence-corrected chi connectivity index (χ1v) is 10.8. The van der Waals surface area contributed by atoms with Gasteiger partial charge in [0.2, 0.25) is 0 Å². The molecular formula is C23H27ClN4O3. The van der Waals surface area contributed by atoms with Gasteiger partial charge in [0.15, 0.2) is 11.4 Å². The number of methoxy groups -OCH3 is 1. The summed E-state index contributed by atoms with van der Waals surface area (Å²) in [6.07, 6.45) is 3.26. The second kappa shape index (κ2) is 8.94. The third kappa shape index (κ3) is 4.31. The van der Waals surface area contributed by atoms with Gasteiger partial charge in [-0.05, 0) is 57.5 Å². The molecular weight excluding hydrogens is 416 g/mol. The van der Waals surface area contributed by atoms with E-state index in [1.165, 1.54) is 0 Å². The third-order valence-corrected chi connectivity index (χ3v) is 6.04. The average Bonchev–Trinajstić information content (AvgIpc) is 3.10. The quantitative estimate of drug-likeness (QED) is 0.764. The number of aromatic nitrogens is 1. The molecule has 0 unspecified atom stereocenters. The van der Waals surface area contributed by atoms with Crippen LogP contribution in [0.3, 0.4) is 0 Å². The standard InChI is InChI=1S/C23H27ClN4O3/c1-23(2)20(30-3)19(27-31-23)15-8-10-16(11-9-15)22(29)28(17-6-4-12-25-14-17)21-18(24)7-5-13-26-21/h5,7-11,13,17,20,25H,4,6,12,14H2,1-3H3/t17-,20+/m1/s1. The fourth-order valence-corrected chi connectivity index (χ4v) is 4.37. The van der Waals surface area contributed by atoms with Crippen LogP contribution < -0.4 is 10.2 Å². The van der Waals surface area contributed by atoms with Crippen LogP contribution in [0, 0.1) is 0 Å². The number of carbonyl (C=O) groups is 1. The van der Waals surface area contributed by atoms with E-state index in [2.05, 4.69) is 15.5 Å². The minimum Gasteiger partial charge on any atom is -0.386 e. The van der Waals surface area contributed by atoms with E-state index in [1.54, 1.807) is 42.5 Å². The van der Waals surface area contributed by atoms with E-state index in [-0.39, 0.29) is 18.1 Å². The molecule has 31 heavy (non-hydrogen) atoms. The summed E-state index contributed by atoms with van der Waals surface area (Å²) in [5.41, 5.74) is 1.59. The summed E-state index contributed by atoms with van der Waals surface area (Å²) in [7, 11) is 1.64. The molecule has 2 aliphatic heterocycles. The molecule has 0 saturated carbocycles. The maximum absolute atomic E-state index is 13.6. The highest BCUT2D eigenvalue weighted by molar-refractivity contribution is 6.33. The van der Waals surface area contributed by atoms with Crippen molar-refractivity contribution in [2.24, 2.45) is 5.16 Å². The summed E-state index contributed by atoms with van der Waals surface area (Å²) in [5, 5.41) is 8.04. The number of nitrogens with one attached hydrogen (secondary N) is 1. The predicted octanol–water partition coefficient (Wildman–Crippen LogP) is 3.66. The molecule has 1 fully saturated rings. The van der Waals surface area contributed by atoms with Gasteiger partial charge in [-0.3, -0.25) is 9.69 Å². The lowest BCUT2D eigenvalue weighted by molar-refractivity contribution is -0.0614. The monoisotopic (exact) mass is 442 g/mol. The Hall–Kier alpha value is -2.48. The molecule has 2 aliphatic rings. The first kappa shape index (κ1) is 21.7. The van der Waals surface area contributed by atoms with Gasteiger partial charge in [-0.1, -0.05) is 28.9 Å². The van der Waals surface area contributed by atoms with Gasteiger partial charge in [0, 0.05) is 31.0 Å². The molecule has 2 aromatic rings. The van der Waals surface area contributed by atoms with Crippen LogP contribution in [0.5, 0.6) is 0 Å². The zero-order valence-corrected chi connectivity index (χ0v) is 18.7. The van der Waals surface area contributed by atoms with Crippen LogP contribution in [-0.4, -0.2) is 54.5 Å². The van der Waals surface area contributed by atoms with E-state index in [0.717, 1.165) is 24.9 Å². The lowest BCUT2D eigenvalue weighted by Gasteiger charge is -2.34. The molecule has 0 radical (unpaired) electrons. The lowest BCUT2D eigenvalue weighted by Crippen LogP contribution is -2.49. The number of piperidine rings is 1. The van der Waals surface area contributed by atoms with Crippen LogP contribution in [0.15, 0.2) is 47.8 Å². The molecule has 0 bridgehead atoms. The Bertz CT molecular complexity index is 971. The van der Waals surface area contributed by atoms with Crippen LogP contribution in [0.4, 0.5) is 5.82 Å². The maximum atomic E-state index is 13.6. The number of halogens is 1. The molecule has 1 aromatic heterocycles. The number of rotatable bonds is 5. The number of hydrogen-bond donors (Lipinski definition) is 1. The highest BCUT2D eigenvalue weighted by Crippen LogP contribution is 2.30. The summed E-state index contributed by atoms with van der Waals surface area (Å²) in [4.78, 5) is 25.2. The number of nitrogens with zero attached hydrogens (tertiary/aromatic N) is 3. The summed E-state index contributed by atoms with van der Waals surface area (Å²) in [6.45, 7) is 5.52. The second-order valence-corrected chi connectivity index (χ2v) is 8.76. The SMILES string of the molecule is CO[C@H]1C(c2ccc(C(=O)N(c3ncccc3Cl)[C@@H]3CCCNC3)cc2)=NOC1(C)C. The van der Waals surface area contributed by atoms with Crippen LogP contribution in [0.25, 0.3) is 0 Å². The predicted molar refractivity (Wildman–Crippen MR) is 121 cm³/mol. The Morgan fingerprint density at radius 2 is 2.06 bits per heavy atom. The van der Waals surface area contributed by atoms with Gasteiger partial charge in [-0.25, -0.2) is 4.98 Å².